The van der Waals surface area contributed by atoms with Gasteiger partial charge < -0.3 is 4.74 Å². The van der Waals surface area contributed by atoms with Crippen LogP contribution in [0.25, 0.3) is 0 Å². The van der Waals surface area contributed by atoms with Crippen molar-refractivity contribution in [3.63, 3.8) is 0 Å². The summed E-state index contributed by atoms with van der Waals surface area (Å²) in [5.41, 5.74) is 0.356. The minimum absolute atomic E-state index is 0.209. The molecule has 1 aromatic heterocycles. The molecule has 1 unspecified atom stereocenters. The van der Waals surface area contributed by atoms with Gasteiger partial charge in [-0.2, -0.15) is 0 Å². The number of Topliss-reactive ketones (excluding diaryl/α,β-unsaturated/α-hetero) is 1. The largest absolute Gasteiger partial charge is 0.468 e. The van der Waals surface area contributed by atoms with E-state index in [0.29, 0.717) is 18.4 Å². The van der Waals surface area contributed by atoms with Gasteiger partial charge in [-0.05, 0) is 41.3 Å². The van der Waals surface area contributed by atoms with Crippen LogP contribution in [0.1, 0.15) is 29.3 Å². The van der Waals surface area contributed by atoms with Gasteiger partial charge in [0.05, 0.1) is 7.11 Å². The number of carbonyl (C=O) groups excluding carboxylic acids is 2. The zero-order valence-electron chi connectivity index (χ0n) is 9.62. The van der Waals surface area contributed by atoms with Gasteiger partial charge in [0.15, 0.2) is 5.78 Å². The van der Waals surface area contributed by atoms with Gasteiger partial charge >= 0.3 is 5.97 Å². The average Bonchev–Trinajstić information content (AvgIpc) is 2.33. The molecule has 17 heavy (non-hydrogen) atoms. The number of carbonyl (C=O) groups is 2. The summed E-state index contributed by atoms with van der Waals surface area (Å²) >= 11 is 3.37. The van der Waals surface area contributed by atoms with Gasteiger partial charge in [-0.1, -0.05) is 0 Å². The maximum atomic E-state index is 12.3. The van der Waals surface area contributed by atoms with Crippen LogP contribution in [0.4, 0.5) is 0 Å². The van der Waals surface area contributed by atoms with Gasteiger partial charge in [0, 0.05) is 22.4 Å². The molecule has 0 saturated heterocycles. The van der Waals surface area contributed by atoms with Crippen molar-refractivity contribution in [2.75, 3.05) is 7.11 Å². The van der Waals surface area contributed by atoms with Crippen molar-refractivity contribution in [2.24, 2.45) is 5.41 Å². The number of rotatable bonds is 1. The van der Waals surface area contributed by atoms with Gasteiger partial charge in [0.25, 0.3) is 0 Å². The molecule has 5 heteroatoms. The first kappa shape index (κ1) is 12.2. The Kier molecular flexibility index (Phi) is 3.03. The van der Waals surface area contributed by atoms with E-state index in [1.165, 1.54) is 13.3 Å². The number of hydrogen-bond acceptors (Lipinski definition) is 4. The smallest absolute Gasteiger partial charge is 0.319 e. The van der Waals surface area contributed by atoms with E-state index in [0.717, 1.165) is 10.0 Å². The standard InChI is InChI=1S/C12H12BrNO3/c1-12(11(16)17-2)4-3-7-8(10(12)15)5-14-6-9(7)13/h5-6H,3-4H2,1-2H3. The first-order valence-electron chi connectivity index (χ1n) is 5.26. The highest BCUT2D eigenvalue weighted by Crippen LogP contribution is 2.38. The molecule has 1 aliphatic carbocycles. The van der Waals surface area contributed by atoms with E-state index >= 15 is 0 Å². The van der Waals surface area contributed by atoms with Crippen molar-refractivity contribution in [3.8, 4) is 0 Å². The summed E-state index contributed by atoms with van der Waals surface area (Å²) in [5, 5.41) is 0. The van der Waals surface area contributed by atoms with Crippen molar-refractivity contribution in [1.82, 2.24) is 4.98 Å². The van der Waals surface area contributed by atoms with Gasteiger partial charge in [-0.25, -0.2) is 0 Å². The predicted octanol–water partition coefficient (Wildman–Crippen LogP) is 2.15. The third-order valence-corrected chi connectivity index (χ3v) is 3.94. The van der Waals surface area contributed by atoms with E-state index in [1.54, 1.807) is 13.1 Å². The van der Waals surface area contributed by atoms with Crippen LogP contribution in [0.2, 0.25) is 0 Å². The molecular formula is C12H12BrNO3. The van der Waals surface area contributed by atoms with Crippen molar-refractivity contribution < 1.29 is 14.3 Å². The molecule has 0 saturated carbocycles. The van der Waals surface area contributed by atoms with Crippen LogP contribution < -0.4 is 0 Å². The molecule has 1 heterocycles. The van der Waals surface area contributed by atoms with Crippen LogP contribution in [0.5, 0.6) is 0 Å². The number of ketones is 1. The summed E-state index contributed by atoms with van der Waals surface area (Å²) < 4.78 is 5.53. The fraction of sp³-hybridized carbons (Fsp3) is 0.417. The quantitative estimate of drug-likeness (QED) is 0.589. The van der Waals surface area contributed by atoms with Gasteiger partial charge in [0.1, 0.15) is 5.41 Å². The highest BCUT2D eigenvalue weighted by Gasteiger charge is 2.46. The van der Waals surface area contributed by atoms with Crippen molar-refractivity contribution in [1.29, 1.82) is 0 Å². The zero-order chi connectivity index (χ0) is 12.6. The number of methoxy groups -OCH3 is 1. The minimum Gasteiger partial charge on any atom is -0.468 e. The highest BCUT2D eigenvalue weighted by molar-refractivity contribution is 9.10. The Morgan fingerprint density at radius 1 is 1.53 bits per heavy atom. The molecule has 0 radical (unpaired) electrons. The predicted molar refractivity (Wildman–Crippen MR) is 64.7 cm³/mol. The fourth-order valence-electron chi connectivity index (χ4n) is 2.12. The second-order valence-electron chi connectivity index (χ2n) is 4.30. The first-order chi connectivity index (χ1) is 8.00. The number of fused-ring (bicyclic) bond motifs is 1. The molecule has 0 aliphatic heterocycles. The van der Waals surface area contributed by atoms with Gasteiger partial charge in [0.2, 0.25) is 0 Å². The van der Waals surface area contributed by atoms with E-state index < -0.39 is 11.4 Å². The first-order valence-corrected chi connectivity index (χ1v) is 6.05. The normalized spacial score (nSPS) is 23.1. The lowest BCUT2D eigenvalue weighted by Crippen LogP contribution is -2.41. The molecule has 0 spiro atoms. The zero-order valence-corrected chi connectivity index (χ0v) is 11.2. The lowest BCUT2D eigenvalue weighted by molar-refractivity contribution is -0.149. The number of hydrogen-bond donors (Lipinski definition) is 0. The third-order valence-electron chi connectivity index (χ3n) is 3.26. The average molecular weight is 298 g/mol. The summed E-state index contributed by atoms with van der Waals surface area (Å²) in [5.74, 6) is -0.687. The molecular weight excluding hydrogens is 286 g/mol. The topological polar surface area (TPSA) is 56.3 Å². The molecule has 0 bridgehead atoms. The Morgan fingerprint density at radius 3 is 2.88 bits per heavy atom. The van der Waals surface area contributed by atoms with Gasteiger partial charge in [-0.15, -0.1) is 0 Å². The maximum Gasteiger partial charge on any atom is 0.319 e. The number of ether oxygens (including phenoxy) is 1. The molecule has 4 nitrogen and oxygen atoms in total. The molecule has 0 fully saturated rings. The van der Waals surface area contributed by atoms with Crippen LogP contribution in [0, 0.1) is 5.41 Å². The van der Waals surface area contributed by atoms with Crippen LogP contribution in [-0.4, -0.2) is 23.8 Å². The summed E-state index contributed by atoms with van der Waals surface area (Å²) in [4.78, 5) is 28.0. The Hall–Kier alpha value is -1.23. The SMILES string of the molecule is COC(=O)C1(C)CCc2c(Br)cncc2C1=O. The van der Waals surface area contributed by atoms with Crippen LogP contribution in [-0.2, 0) is 16.0 Å². The van der Waals surface area contributed by atoms with E-state index in [4.69, 9.17) is 4.74 Å². The van der Waals surface area contributed by atoms with E-state index in [9.17, 15) is 9.59 Å². The molecule has 2 rings (SSSR count). The molecule has 0 amide bonds. The highest BCUT2D eigenvalue weighted by atomic mass is 79.9. The number of halogens is 1. The number of pyridine rings is 1. The summed E-state index contributed by atoms with van der Waals surface area (Å²) in [6.45, 7) is 1.63. The Bertz CT molecular complexity index is 501. The lowest BCUT2D eigenvalue weighted by Gasteiger charge is -2.30. The minimum atomic E-state index is -1.08. The maximum absolute atomic E-state index is 12.3. The molecule has 1 aromatic rings. The number of esters is 1. The summed E-state index contributed by atoms with van der Waals surface area (Å²) in [7, 11) is 1.30. The van der Waals surface area contributed by atoms with Crippen molar-refractivity contribution in [2.45, 2.75) is 19.8 Å². The fourth-order valence-corrected chi connectivity index (χ4v) is 2.65. The van der Waals surface area contributed by atoms with Crippen LogP contribution >= 0.6 is 15.9 Å². The van der Waals surface area contributed by atoms with Crippen molar-refractivity contribution in [3.05, 3.63) is 28.0 Å². The number of nitrogens with zero attached hydrogens (tertiary/aromatic N) is 1. The summed E-state index contributed by atoms with van der Waals surface area (Å²) in [6, 6.07) is 0. The van der Waals surface area contributed by atoms with E-state index in [-0.39, 0.29) is 5.78 Å². The van der Waals surface area contributed by atoms with E-state index in [2.05, 4.69) is 20.9 Å². The number of aromatic nitrogens is 1. The van der Waals surface area contributed by atoms with E-state index in [1.807, 2.05) is 0 Å². The second-order valence-corrected chi connectivity index (χ2v) is 5.15. The van der Waals surface area contributed by atoms with Crippen LogP contribution in [0.15, 0.2) is 16.9 Å². The third kappa shape index (κ3) is 1.78. The summed E-state index contributed by atoms with van der Waals surface area (Å²) in [6.07, 6.45) is 4.31. The Balaban J connectivity index is 2.50. The monoisotopic (exact) mass is 297 g/mol. The molecule has 90 valence electrons. The molecule has 1 aliphatic rings. The second kappa shape index (κ2) is 4.22. The van der Waals surface area contributed by atoms with Crippen LogP contribution in [0.3, 0.4) is 0 Å². The Labute approximate surface area is 108 Å². The molecule has 0 N–H and O–H groups in total. The Morgan fingerprint density at radius 2 is 2.24 bits per heavy atom. The van der Waals surface area contributed by atoms with Gasteiger partial charge in [-0.3, -0.25) is 14.6 Å². The van der Waals surface area contributed by atoms with Crippen molar-refractivity contribution >= 4 is 27.7 Å². The lowest BCUT2D eigenvalue weighted by atomic mass is 9.72. The molecule has 1 atom stereocenters. The molecule has 0 aromatic carbocycles.